The number of likely N-dealkylation sites (tertiary alicyclic amines) is 1. The number of hydrogen-bond donors (Lipinski definition) is 0. The molecule has 5 rings (SSSR count). The summed E-state index contributed by atoms with van der Waals surface area (Å²) < 4.78 is 25.3. The molecule has 35 heavy (non-hydrogen) atoms. The van der Waals surface area contributed by atoms with E-state index in [0.29, 0.717) is 54.6 Å². The van der Waals surface area contributed by atoms with Gasteiger partial charge in [-0.15, -0.1) is 0 Å². The molecule has 1 aromatic heterocycles. The van der Waals surface area contributed by atoms with E-state index in [0.717, 1.165) is 17.1 Å². The zero-order chi connectivity index (χ0) is 24.6. The Morgan fingerprint density at radius 3 is 2.66 bits per heavy atom. The maximum Gasteiger partial charge on any atom is 0.253 e. The molecule has 0 unspecified atom stereocenters. The maximum atomic E-state index is 13.3. The molecule has 3 heterocycles. The van der Waals surface area contributed by atoms with Crippen molar-refractivity contribution in [3.05, 3.63) is 71.0 Å². The molecule has 0 saturated carbocycles. The van der Waals surface area contributed by atoms with Crippen LogP contribution in [0.3, 0.4) is 0 Å². The molecular weight excluding hydrogens is 468 g/mol. The highest BCUT2D eigenvalue weighted by molar-refractivity contribution is 6.30. The number of rotatable bonds is 6. The van der Waals surface area contributed by atoms with E-state index < -0.39 is 5.60 Å². The van der Waals surface area contributed by atoms with Gasteiger partial charge < -0.3 is 28.4 Å². The number of aromatic nitrogens is 1. The number of fused-ring (bicyclic) bond motifs is 4. The summed E-state index contributed by atoms with van der Waals surface area (Å²) in [5.74, 6) is 1.84. The first-order chi connectivity index (χ1) is 16.9. The Labute approximate surface area is 210 Å². The van der Waals surface area contributed by atoms with Crippen LogP contribution >= 0.6 is 11.6 Å². The zero-order valence-corrected chi connectivity index (χ0v) is 20.9. The largest absolute Gasteiger partial charge is 0.493 e. The van der Waals surface area contributed by atoms with Crippen LogP contribution in [0.25, 0.3) is 5.69 Å². The van der Waals surface area contributed by atoms with Gasteiger partial charge in [0.1, 0.15) is 12.4 Å². The summed E-state index contributed by atoms with van der Waals surface area (Å²) in [5.41, 5.74) is 2.15. The molecule has 1 amide bonds. The second-order valence-corrected chi connectivity index (χ2v) is 9.42. The van der Waals surface area contributed by atoms with Gasteiger partial charge in [0.05, 0.1) is 24.6 Å². The van der Waals surface area contributed by atoms with E-state index in [1.54, 1.807) is 32.4 Å². The molecule has 0 radical (unpaired) electrons. The van der Waals surface area contributed by atoms with Gasteiger partial charge in [0.25, 0.3) is 5.91 Å². The number of benzene rings is 2. The van der Waals surface area contributed by atoms with Crippen molar-refractivity contribution in [2.45, 2.75) is 31.5 Å². The normalized spacial score (nSPS) is 16.7. The number of carbonyl (C=O) groups is 1. The van der Waals surface area contributed by atoms with Crippen LogP contribution in [-0.4, -0.2) is 55.4 Å². The number of hydrogen-bond acceptors (Lipinski definition) is 5. The summed E-state index contributed by atoms with van der Waals surface area (Å²) in [4.78, 5) is 15.2. The Morgan fingerprint density at radius 1 is 1.11 bits per heavy atom. The number of ether oxygens (including phenoxy) is 4. The lowest BCUT2D eigenvalue weighted by molar-refractivity contribution is -0.00931. The molecule has 2 aromatic carbocycles. The molecule has 0 N–H and O–H groups in total. The molecule has 184 valence electrons. The third kappa shape index (κ3) is 4.34. The SMILES string of the molecule is COc1cc(C(=O)N2CCC3(CC2)Oc2cc(Cl)ccc2-n2cccc23)ccc1OC[C@@H](C)OC. The molecular formula is C27H29ClN2O5. The molecule has 3 aromatic rings. The second-order valence-electron chi connectivity index (χ2n) is 8.99. The van der Waals surface area contributed by atoms with Crippen LogP contribution in [0, 0.1) is 0 Å². The molecule has 1 saturated heterocycles. The summed E-state index contributed by atoms with van der Waals surface area (Å²) in [5, 5.41) is 0.639. The van der Waals surface area contributed by atoms with E-state index in [1.807, 2.05) is 42.3 Å². The van der Waals surface area contributed by atoms with Gasteiger partial charge in [0.15, 0.2) is 17.1 Å². The lowest BCUT2D eigenvalue weighted by atomic mass is 9.86. The van der Waals surface area contributed by atoms with Crippen molar-refractivity contribution < 1.29 is 23.7 Å². The average molecular weight is 497 g/mol. The smallest absolute Gasteiger partial charge is 0.253 e. The van der Waals surface area contributed by atoms with Crippen molar-refractivity contribution >= 4 is 17.5 Å². The quantitative estimate of drug-likeness (QED) is 0.476. The Kier molecular flexibility index (Phi) is 6.38. The number of halogens is 1. The van der Waals surface area contributed by atoms with Gasteiger partial charge in [0, 0.05) is 55.9 Å². The van der Waals surface area contributed by atoms with Crippen LogP contribution in [0.1, 0.15) is 35.8 Å². The first kappa shape index (κ1) is 23.6. The lowest BCUT2D eigenvalue weighted by Crippen LogP contribution is -2.50. The standard InChI is InChI=1S/C27H29ClN2O5/c1-18(32-2)17-34-22-9-6-19(15-24(22)33-3)26(31)29-13-10-27(11-14-29)25-5-4-12-30(25)21-8-7-20(28)16-23(21)35-27/h4-9,12,15-16,18H,10-11,13-14,17H2,1-3H3/t18-/m1/s1. The molecule has 2 aliphatic rings. The maximum absolute atomic E-state index is 13.3. The van der Waals surface area contributed by atoms with Crippen molar-refractivity contribution in [3.8, 4) is 22.9 Å². The molecule has 7 nitrogen and oxygen atoms in total. The third-order valence-electron chi connectivity index (χ3n) is 6.85. The number of piperidine rings is 1. The highest BCUT2D eigenvalue weighted by atomic mass is 35.5. The summed E-state index contributed by atoms with van der Waals surface area (Å²) >= 11 is 6.25. The van der Waals surface area contributed by atoms with Crippen molar-refractivity contribution in [1.29, 1.82) is 0 Å². The van der Waals surface area contributed by atoms with Crippen LogP contribution in [0.15, 0.2) is 54.7 Å². The molecule has 1 fully saturated rings. The predicted molar refractivity (Wildman–Crippen MR) is 133 cm³/mol. The Morgan fingerprint density at radius 2 is 1.91 bits per heavy atom. The monoisotopic (exact) mass is 496 g/mol. The van der Waals surface area contributed by atoms with Crippen LogP contribution in [0.4, 0.5) is 0 Å². The summed E-state index contributed by atoms with van der Waals surface area (Å²) in [7, 11) is 3.21. The van der Waals surface area contributed by atoms with Gasteiger partial charge in [-0.25, -0.2) is 0 Å². The third-order valence-corrected chi connectivity index (χ3v) is 7.08. The van der Waals surface area contributed by atoms with Crippen LogP contribution < -0.4 is 14.2 Å². The number of nitrogens with zero attached hydrogens (tertiary/aromatic N) is 2. The first-order valence-corrected chi connectivity index (χ1v) is 12.1. The summed E-state index contributed by atoms with van der Waals surface area (Å²) in [6.45, 7) is 3.47. The van der Waals surface area contributed by atoms with E-state index in [1.165, 1.54) is 0 Å². The van der Waals surface area contributed by atoms with E-state index in [9.17, 15) is 4.79 Å². The lowest BCUT2D eigenvalue weighted by Gasteiger charge is -2.45. The second kappa shape index (κ2) is 9.47. The van der Waals surface area contributed by atoms with Crippen molar-refractivity contribution in [1.82, 2.24) is 9.47 Å². The van der Waals surface area contributed by atoms with Crippen molar-refractivity contribution in [2.24, 2.45) is 0 Å². The molecule has 8 heteroatoms. The highest BCUT2D eigenvalue weighted by Crippen LogP contribution is 2.46. The van der Waals surface area contributed by atoms with Gasteiger partial charge >= 0.3 is 0 Å². The van der Waals surface area contributed by atoms with Gasteiger partial charge in [-0.1, -0.05) is 11.6 Å². The Hall–Kier alpha value is -3.16. The first-order valence-electron chi connectivity index (χ1n) is 11.7. The van der Waals surface area contributed by atoms with E-state index in [4.69, 9.17) is 30.5 Å². The fourth-order valence-corrected chi connectivity index (χ4v) is 4.96. The molecule has 2 aliphatic heterocycles. The molecule has 0 bridgehead atoms. The van der Waals surface area contributed by atoms with E-state index in [2.05, 4.69) is 10.6 Å². The highest BCUT2D eigenvalue weighted by Gasteiger charge is 2.44. The van der Waals surface area contributed by atoms with Gasteiger partial charge in [0.2, 0.25) is 0 Å². The van der Waals surface area contributed by atoms with E-state index in [-0.39, 0.29) is 12.0 Å². The van der Waals surface area contributed by atoms with Crippen molar-refractivity contribution in [3.63, 3.8) is 0 Å². The van der Waals surface area contributed by atoms with Gasteiger partial charge in [-0.3, -0.25) is 4.79 Å². The van der Waals surface area contributed by atoms with Gasteiger partial charge in [-0.2, -0.15) is 0 Å². The van der Waals surface area contributed by atoms with Gasteiger partial charge in [-0.05, 0) is 49.4 Å². The predicted octanol–water partition coefficient (Wildman–Crippen LogP) is 5.08. The average Bonchev–Trinajstić information content (AvgIpc) is 3.38. The van der Waals surface area contributed by atoms with Crippen LogP contribution in [0.5, 0.6) is 17.2 Å². The number of carbonyl (C=O) groups excluding carboxylic acids is 1. The minimum atomic E-state index is -0.495. The molecule has 1 atom stereocenters. The minimum absolute atomic E-state index is 0.0374. The van der Waals surface area contributed by atoms with Crippen LogP contribution in [-0.2, 0) is 10.3 Å². The zero-order valence-electron chi connectivity index (χ0n) is 20.1. The topological polar surface area (TPSA) is 62.2 Å². The van der Waals surface area contributed by atoms with Crippen molar-refractivity contribution in [2.75, 3.05) is 33.9 Å². The Bertz CT molecular complexity index is 1230. The number of methoxy groups -OCH3 is 2. The summed E-state index contributed by atoms with van der Waals surface area (Å²) in [6, 6.07) is 15.1. The Balaban J connectivity index is 1.32. The number of amides is 1. The molecule has 1 spiro atoms. The molecule has 0 aliphatic carbocycles. The fraction of sp³-hybridized carbons (Fsp3) is 0.370. The van der Waals surface area contributed by atoms with E-state index >= 15 is 0 Å². The van der Waals surface area contributed by atoms with Crippen LogP contribution in [0.2, 0.25) is 5.02 Å². The summed E-state index contributed by atoms with van der Waals surface area (Å²) in [6.07, 6.45) is 3.37. The fourth-order valence-electron chi connectivity index (χ4n) is 4.80. The minimum Gasteiger partial charge on any atom is -0.493 e.